The number of ether oxygens (including phenoxy) is 2. The number of likely N-dealkylation sites (tertiary alicyclic amines) is 1. The predicted molar refractivity (Wildman–Crippen MR) is 134 cm³/mol. The van der Waals surface area contributed by atoms with E-state index in [0.717, 1.165) is 17.7 Å². The number of aliphatic hydroxyl groups is 1. The van der Waals surface area contributed by atoms with E-state index in [0.29, 0.717) is 43.0 Å². The highest BCUT2D eigenvalue weighted by molar-refractivity contribution is 6.46. The molecule has 5 rings (SSSR count). The van der Waals surface area contributed by atoms with Crippen LogP contribution in [-0.2, 0) is 22.6 Å². The minimum atomic E-state index is -0.725. The zero-order valence-corrected chi connectivity index (χ0v) is 20.4. The number of Topliss-reactive ketones (excluding diaryl/α,β-unsaturated/α-hetero) is 1. The second-order valence-electron chi connectivity index (χ2n) is 9.11. The highest BCUT2D eigenvalue weighted by Crippen LogP contribution is 2.41. The van der Waals surface area contributed by atoms with Crippen LogP contribution >= 0.6 is 0 Å². The van der Waals surface area contributed by atoms with Crippen molar-refractivity contribution in [2.75, 3.05) is 13.2 Å². The van der Waals surface area contributed by atoms with E-state index in [1.165, 1.54) is 0 Å². The van der Waals surface area contributed by atoms with E-state index in [1.54, 1.807) is 29.6 Å². The van der Waals surface area contributed by atoms with Crippen LogP contribution in [0.15, 0.2) is 66.8 Å². The number of hydrogen-bond donors (Lipinski definition) is 1. The van der Waals surface area contributed by atoms with Crippen molar-refractivity contribution in [3.8, 4) is 11.5 Å². The Labute approximate surface area is 209 Å². The van der Waals surface area contributed by atoms with Gasteiger partial charge in [-0.2, -0.15) is 0 Å². The summed E-state index contributed by atoms with van der Waals surface area (Å²) in [5, 5.41) is 11.4. The first-order chi connectivity index (χ1) is 17.5. The summed E-state index contributed by atoms with van der Waals surface area (Å²) in [6, 6.07) is 12.0. The third-order valence-electron chi connectivity index (χ3n) is 6.57. The first kappa shape index (κ1) is 23.7. The Morgan fingerprint density at radius 2 is 2.06 bits per heavy atom. The van der Waals surface area contributed by atoms with E-state index >= 15 is 0 Å². The lowest BCUT2D eigenvalue weighted by molar-refractivity contribution is -0.139. The van der Waals surface area contributed by atoms with Gasteiger partial charge in [0.2, 0.25) is 0 Å². The van der Waals surface area contributed by atoms with E-state index in [4.69, 9.17) is 9.47 Å². The maximum absolute atomic E-state index is 13.3. The Kier molecular flexibility index (Phi) is 6.50. The Morgan fingerprint density at radius 3 is 2.83 bits per heavy atom. The Balaban J connectivity index is 1.54. The minimum Gasteiger partial charge on any atom is -0.507 e. The fourth-order valence-corrected chi connectivity index (χ4v) is 4.97. The summed E-state index contributed by atoms with van der Waals surface area (Å²) >= 11 is 0. The quantitative estimate of drug-likeness (QED) is 0.292. The van der Waals surface area contributed by atoms with Crippen molar-refractivity contribution < 1.29 is 24.2 Å². The van der Waals surface area contributed by atoms with Crippen molar-refractivity contribution in [3.63, 3.8) is 0 Å². The molecule has 3 aromatic rings. The number of imidazole rings is 1. The standard InChI is InChI=1S/C28H29N3O5/c1-3-35-22-7-4-6-19(16-22)25-24(26(32)20-8-9-23-21(15-20)14-18(2)36-23)27(33)28(34)31(25)12-5-11-30-13-10-29-17-30/h4,6-10,13,15-18,25,32H,3,5,11-12,14H2,1-2H3/b26-24+/t18-,25-/m0/s1. The van der Waals surface area contributed by atoms with E-state index in [2.05, 4.69) is 4.98 Å². The molecule has 2 atom stereocenters. The van der Waals surface area contributed by atoms with Crippen molar-refractivity contribution in [2.45, 2.75) is 45.4 Å². The molecule has 1 fully saturated rings. The molecule has 0 saturated carbocycles. The van der Waals surface area contributed by atoms with Gasteiger partial charge in [-0.05, 0) is 61.7 Å². The van der Waals surface area contributed by atoms with Crippen molar-refractivity contribution in [1.29, 1.82) is 0 Å². The van der Waals surface area contributed by atoms with Crippen LogP contribution in [0.3, 0.4) is 0 Å². The minimum absolute atomic E-state index is 0.0554. The molecular weight excluding hydrogens is 458 g/mol. The molecule has 2 aliphatic heterocycles. The van der Waals surface area contributed by atoms with Gasteiger partial charge in [-0.1, -0.05) is 12.1 Å². The van der Waals surface area contributed by atoms with Crippen LogP contribution in [0, 0.1) is 0 Å². The fourth-order valence-electron chi connectivity index (χ4n) is 4.97. The third kappa shape index (κ3) is 4.46. The van der Waals surface area contributed by atoms with E-state index in [9.17, 15) is 14.7 Å². The van der Waals surface area contributed by atoms with Gasteiger partial charge in [0.1, 0.15) is 23.4 Å². The highest BCUT2D eigenvalue weighted by Gasteiger charge is 2.46. The van der Waals surface area contributed by atoms with Crippen LogP contribution < -0.4 is 9.47 Å². The van der Waals surface area contributed by atoms with Crippen LogP contribution in [0.4, 0.5) is 0 Å². The monoisotopic (exact) mass is 487 g/mol. The number of hydrogen-bond acceptors (Lipinski definition) is 6. The maximum atomic E-state index is 13.3. The summed E-state index contributed by atoms with van der Waals surface area (Å²) in [4.78, 5) is 32.2. The maximum Gasteiger partial charge on any atom is 0.295 e. The second-order valence-corrected chi connectivity index (χ2v) is 9.11. The van der Waals surface area contributed by atoms with Gasteiger partial charge in [-0.3, -0.25) is 9.59 Å². The van der Waals surface area contributed by atoms with Crippen LogP contribution in [0.2, 0.25) is 0 Å². The van der Waals surface area contributed by atoms with Gasteiger partial charge in [0, 0.05) is 37.5 Å². The summed E-state index contributed by atoms with van der Waals surface area (Å²) in [7, 11) is 0. The van der Waals surface area contributed by atoms with Gasteiger partial charge in [0.25, 0.3) is 11.7 Å². The summed E-state index contributed by atoms with van der Waals surface area (Å²) in [5.41, 5.74) is 2.26. The number of aliphatic hydroxyl groups excluding tert-OH is 1. The summed E-state index contributed by atoms with van der Waals surface area (Å²) < 4.78 is 13.4. The second kappa shape index (κ2) is 9.89. The zero-order valence-electron chi connectivity index (χ0n) is 20.4. The number of rotatable bonds is 8. The van der Waals surface area contributed by atoms with E-state index < -0.39 is 17.7 Å². The molecular formula is C28H29N3O5. The average molecular weight is 488 g/mol. The number of carbonyl (C=O) groups is 2. The van der Waals surface area contributed by atoms with Crippen LogP contribution in [0.5, 0.6) is 11.5 Å². The Bertz CT molecular complexity index is 1310. The molecule has 8 nitrogen and oxygen atoms in total. The number of benzene rings is 2. The van der Waals surface area contributed by atoms with Crippen LogP contribution in [0.1, 0.15) is 43.0 Å². The van der Waals surface area contributed by atoms with Crippen molar-refractivity contribution in [3.05, 3.63) is 83.4 Å². The lowest BCUT2D eigenvalue weighted by atomic mass is 9.94. The van der Waals surface area contributed by atoms with Crippen molar-refractivity contribution in [2.24, 2.45) is 0 Å². The Morgan fingerprint density at radius 1 is 1.19 bits per heavy atom. The number of nitrogens with zero attached hydrogens (tertiary/aromatic N) is 3. The molecule has 0 unspecified atom stereocenters. The fraction of sp³-hybridized carbons (Fsp3) is 0.321. The number of aromatic nitrogens is 2. The molecule has 0 spiro atoms. The molecule has 3 heterocycles. The van der Waals surface area contributed by atoms with Crippen molar-refractivity contribution >= 4 is 17.4 Å². The number of fused-ring (bicyclic) bond motifs is 1. The lowest BCUT2D eigenvalue weighted by Gasteiger charge is -2.26. The topological polar surface area (TPSA) is 93.9 Å². The molecule has 1 aromatic heterocycles. The zero-order chi connectivity index (χ0) is 25.2. The van der Waals surface area contributed by atoms with Crippen LogP contribution in [-0.4, -0.2) is 50.5 Å². The lowest BCUT2D eigenvalue weighted by Crippen LogP contribution is -2.31. The van der Waals surface area contributed by atoms with Crippen molar-refractivity contribution in [1.82, 2.24) is 14.5 Å². The van der Waals surface area contributed by atoms with Gasteiger partial charge in [-0.25, -0.2) is 4.98 Å². The van der Waals surface area contributed by atoms with Gasteiger partial charge in [-0.15, -0.1) is 0 Å². The average Bonchev–Trinajstić information content (AvgIpc) is 3.58. The highest BCUT2D eigenvalue weighted by atomic mass is 16.5. The molecule has 1 saturated heterocycles. The van der Waals surface area contributed by atoms with Gasteiger partial charge >= 0.3 is 0 Å². The summed E-state index contributed by atoms with van der Waals surface area (Å²) in [6.45, 7) is 5.37. The first-order valence-electron chi connectivity index (χ1n) is 12.2. The third-order valence-corrected chi connectivity index (χ3v) is 6.57. The molecule has 0 bridgehead atoms. The molecule has 0 aliphatic carbocycles. The van der Waals surface area contributed by atoms with Gasteiger partial charge in [0.05, 0.1) is 24.5 Å². The molecule has 1 N–H and O–H groups in total. The largest absolute Gasteiger partial charge is 0.507 e. The first-order valence-corrected chi connectivity index (χ1v) is 12.2. The molecule has 186 valence electrons. The van der Waals surface area contributed by atoms with Gasteiger partial charge in [0.15, 0.2) is 0 Å². The van der Waals surface area contributed by atoms with Gasteiger partial charge < -0.3 is 24.0 Å². The molecule has 36 heavy (non-hydrogen) atoms. The normalized spacial score (nSPS) is 20.4. The molecule has 1 amide bonds. The molecule has 2 aromatic carbocycles. The Hall–Kier alpha value is -4.07. The number of amides is 1. The van der Waals surface area contributed by atoms with E-state index in [1.807, 2.05) is 54.9 Å². The molecule has 0 radical (unpaired) electrons. The molecule has 8 heteroatoms. The predicted octanol–water partition coefficient (Wildman–Crippen LogP) is 4.12. The molecule has 2 aliphatic rings. The van der Waals surface area contributed by atoms with Crippen LogP contribution in [0.25, 0.3) is 5.76 Å². The SMILES string of the molecule is CCOc1cccc([C@H]2/C(=C(\O)c3ccc4c(c3)C[C@H](C)O4)C(=O)C(=O)N2CCCn2ccnc2)c1. The summed E-state index contributed by atoms with van der Waals surface area (Å²) in [6.07, 6.45) is 6.68. The smallest absolute Gasteiger partial charge is 0.295 e. The number of ketones is 1. The number of carbonyl (C=O) groups excluding carboxylic acids is 2. The van der Waals surface area contributed by atoms with E-state index in [-0.39, 0.29) is 17.4 Å². The summed E-state index contributed by atoms with van der Waals surface area (Å²) in [5.74, 6) is -0.0681. The number of aryl methyl sites for hydroxylation is 1.